The molecule has 33 heavy (non-hydrogen) atoms. The van der Waals surface area contributed by atoms with Crippen LogP contribution >= 0.6 is 0 Å². The average molecular weight is 445 g/mol. The minimum atomic E-state index is -0.258. The van der Waals surface area contributed by atoms with E-state index in [-0.39, 0.29) is 5.82 Å². The van der Waals surface area contributed by atoms with E-state index in [0.717, 1.165) is 65.5 Å². The largest absolute Gasteiger partial charge is 0.380 e. The first-order valence-electron chi connectivity index (χ1n) is 11.2. The fourth-order valence-corrected chi connectivity index (χ4v) is 4.60. The van der Waals surface area contributed by atoms with Crippen LogP contribution < -0.4 is 15.5 Å². The number of fused-ring (bicyclic) bond motifs is 1. The Morgan fingerprint density at radius 2 is 2.09 bits per heavy atom. The van der Waals surface area contributed by atoms with Gasteiger partial charge in [-0.25, -0.2) is 4.39 Å². The average Bonchev–Trinajstić information content (AvgIpc) is 3.46. The topological polar surface area (TPSA) is 59.2 Å². The van der Waals surface area contributed by atoms with Crippen molar-refractivity contribution in [1.82, 2.24) is 25.7 Å². The molecule has 0 amide bonds. The Balaban J connectivity index is 1.23. The molecule has 0 bridgehead atoms. The van der Waals surface area contributed by atoms with Gasteiger partial charge in [-0.3, -0.25) is 5.10 Å². The van der Waals surface area contributed by atoms with Crippen molar-refractivity contribution in [3.8, 4) is 11.1 Å². The van der Waals surface area contributed by atoms with Crippen LogP contribution in [0.4, 0.5) is 10.1 Å². The second kappa shape index (κ2) is 8.75. The van der Waals surface area contributed by atoms with Gasteiger partial charge in [0.1, 0.15) is 5.82 Å². The maximum absolute atomic E-state index is 14.8. The Kier molecular flexibility index (Phi) is 5.64. The van der Waals surface area contributed by atoms with E-state index in [1.165, 1.54) is 0 Å². The molecular formula is C26H29FN6. The van der Waals surface area contributed by atoms with E-state index in [9.17, 15) is 4.39 Å². The predicted molar refractivity (Wildman–Crippen MR) is 131 cm³/mol. The summed E-state index contributed by atoms with van der Waals surface area (Å²) < 4.78 is 14.8. The fourth-order valence-electron chi connectivity index (χ4n) is 4.60. The van der Waals surface area contributed by atoms with Crippen LogP contribution in [0.5, 0.6) is 0 Å². The molecule has 3 N–H and O–H groups in total. The van der Waals surface area contributed by atoms with Crippen molar-refractivity contribution in [1.29, 1.82) is 0 Å². The number of hydrogen-bond acceptors (Lipinski definition) is 5. The van der Waals surface area contributed by atoms with Crippen LogP contribution in [0, 0.1) is 5.82 Å². The highest BCUT2D eigenvalue weighted by atomic mass is 19.1. The molecule has 5 rings (SSSR count). The number of H-pyrrole nitrogens is 1. The molecule has 0 aliphatic carbocycles. The Bertz CT molecular complexity index is 1180. The van der Waals surface area contributed by atoms with Crippen molar-refractivity contribution in [3.05, 3.63) is 90.3 Å². The number of rotatable bonds is 8. The van der Waals surface area contributed by atoms with Gasteiger partial charge in [-0.05, 0) is 48.4 Å². The van der Waals surface area contributed by atoms with Crippen molar-refractivity contribution in [2.75, 3.05) is 31.6 Å². The summed E-state index contributed by atoms with van der Waals surface area (Å²) in [6, 6.07) is 12.3. The highest BCUT2D eigenvalue weighted by molar-refractivity contribution is 5.72. The monoisotopic (exact) mass is 444 g/mol. The molecule has 1 fully saturated rings. The third kappa shape index (κ3) is 4.36. The number of nitrogens with zero attached hydrogens (tertiary/aromatic N) is 3. The van der Waals surface area contributed by atoms with E-state index in [0.29, 0.717) is 18.2 Å². The Hall–Kier alpha value is -3.58. The summed E-state index contributed by atoms with van der Waals surface area (Å²) in [6.45, 7) is 11.9. The third-order valence-corrected chi connectivity index (χ3v) is 6.41. The molecule has 0 saturated carbocycles. The molecule has 3 aromatic rings. The first-order valence-corrected chi connectivity index (χ1v) is 11.2. The minimum Gasteiger partial charge on any atom is -0.380 e. The fraction of sp³-hybridized carbons (Fsp3) is 0.269. The zero-order chi connectivity index (χ0) is 22.9. The van der Waals surface area contributed by atoms with Gasteiger partial charge in [0.2, 0.25) is 0 Å². The van der Waals surface area contributed by atoms with Gasteiger partial charge < -0.3 is 20.4 Å². The number of hydrogen-bond donors (Lipinski definition) is 3. The van der Waals surface area contributed by atoms with Gasteiger partial charge in [-0.2, -0.15) is 5.10 Å². The SMILES string of the molecule is C=C(NC1CN(C)C1)c1cccc(CNC(=C)N2CCc3cc(-c4cn[nH]c4)c(F)cc32)c1. The van der Waals surface area contributed by atoms with Gasteiger partial charge in [-0.15, -0.1) is 0 Å². The van der Waals surface area contributed by atoms with Gasteiger partial charge in [0.15, 0.2) is 0 Å². The number of benzene rings is 2. The quantitative estimate of drug-likeness (QED) is 0.495. The summed E-state index contributed by atoms with van der Waals surface area (Å²) in [5.74, 6) is 0.510. The second-order valence-electron chi connectivity index (χ2n) is 8.89. The molecule has 0 radical (unpaired) electrons. The van der Waals surface area contributed by atoms with Gasteiger partial charge in [0.25, 0.3) is 0 Å². The lowest BCUT2D eigenvalue weighted by Crippen LogP contribution is -2.55. The van der Waals surface area contributed by atoms with Crippen molar-refractivity contribution in [3.63, 3.8) is 0 Å². The first-order chi connectivity index (χ1) is 16.0. The Morgan fingerprint density at radius 1 is 1.24 bits per heavy atom. The lowest BCUT2D eigenvalue weighted by atomic mass is 10.0. The molecule has 1 saturated heterocycles. The molecule has 1 aromatic heterocycles. The highest BCUT2D eigenvalue weighted by Gasteiger charge is 2.25. The lowest BCUT2D eigenvalue weighted by molar-refractivity contribution is 0.176. The predicted octanol–water partition coefficient (Wildman–Crippen LogP) is 3.71. The number of aromatic nitrogens is 2. The van der Waals surface area contributed by atoms with E-state index >= 15 is 0 Å². The van der Waals surface area contributed by atoms with E-state index in [2.05, 4.69) is 69.0 Å². The highest BCUT2D eigenvalue weighted by Crippen LogP contribution is 2.35. The van der Waals surface area contributed by atoms with Crippen molar-refractivity contribution >= 4 is 11.4 Å². The summed E-state index contributed by atoms with van der Waals surface area (Å²) >= 11 is 0. The van der Waals surface area contributed by atoms with Gasteiger partial charge in [0, 0.05) is 54.9 Å². The van der Waals surface area contributed by atoms with Crippen LogP contribution in [0.2, 0.25) is 0 Å². The zero-order valence-electron chi connectivity index (χ0n) is 18.9. The van der Waals surface area contributed by atoms with E-state index in [1.54, 1.807) is 18.5 Å². The maximum Gasteiger partial charge on any atom is 0.133 e. The molecule has 6 nitrogen and oxygen atoms in total. The van der Waals surface area contributed by atoms with Crippen LogP contribution in [0.3, 0.4) is 0 Å². The summed E-state index contributed by atoms with van der Waals surface area (Å²) in [4.78, 5) is 4.33. The van der Waals surface area contributed by atoms with Crippen LogP contribution in [-0.4, -0.2) is 47.8 Å². The molecule has 0 spiro atoms. The second-order valence-corrected chi connectivity index (χ2v) is 8.89. The zero-order valence-corrected chi connectivity index (χ0v) is 18.9. The van der Waals surface area contributed by atoms with Gasteiger partial charge in [0.05, 0.1) is 18.1 Å². The molecular weight excluding hydrogens is 415 g/mol. The van der Waals surface area contributed by atoms with Crippen molar-refractivity contribution in [2.24, 2.45) is 0 Å². The minimum absolute atomic E-state index is 0.258. The molecule has 2 aliphatic rings. The standard InChI is InChI=1S/C26H29FN6/c1-17(31-23-15-32(3)16-23)20-6-4-5-19(9-20)12-28-18(2)33-8-7-21-10-24(22-13-29-30-14-22)25(27)11-26(21)33/h4-6,9-11,13-14,23,28,31H,1-2,7-8,12,15-16H2,3H3,(H,29,30). The number of anilines is 1. The maximum atomic E-state index is 14.8. The van der Waals surface area contributed by atoms with Crippen LogP contribution in [0.1, 0.15) is 16.7 Å². The van der Waals surface area contributed by atoms with Crippen molar-refractivity contribution in [2.45, 2.75) is 19.0 Å². The van der Waals surface area contributed by atoms with Crippen LogP contribution in [0.25, 0.3) is 16.8 Å². The van der Waals surface area contributed by atoms with E-state index < -0.39 is 0 Å². The normalized spacial score (nSPS) is 15.8. The smallest absolute Gasteiger partial charge is 0.133 e. The van der Waals surface area contributed by atoms with Crippen LogP contribution in [0.15, 0.2) is 67.8 Å². The molecule has 0 atom stereocenters. The number of halogens is 1. The third-order valence-electron chi connectivity index (χ3n) is 6.41. The number of nitrogens with one attached hydrogen (secondary N) is 3. The van der Waals surface area contributed by atoms with Crippen molar-refractivity contribution < 1.29 is 4.39 Å². The Morgan fingerprint density at radius 3 is 2.85 bits per heavy atom. The molecule has 2 aromatic carbocycles. The molecule has 0 unspecified atom stereocenters. The summed E-state index contributed by atoms with van der Waals surface area (Å²) in [6.07, 6.45) is 4.19. The van der Waals surface area contributed by atoms with E-state index in [4.69, 9.17) is 0 Å². The number of likely N-dealkylation sites (N-methyl/N-ethyl adjacent to an activating group) is 1. The molecule has 170 valence electrons. The summed E-state index contributed by atoms with van der Waals surface area (Å²) in [7, 11) is 2.12. The lowest BCUT2D eigenvalue weighted by Gasteiger charge is -2.37. The van der Waals surface area contributed by atoms with Crippen LogP contribution in [-0.2, 0) is 13.0 Å². The first kappa shape index (κ1) is 21.3. The summed E-state index contributed by atoms with van der Waals surface area (Å²) in [5, 5.41) is 13.6. The van der Waals surface area contributed by atoms with Gasteiger partial charge in [-0.1, -0.05) is 31.4 Å². The number of likely N-dealkylation sites (tertiary alicyclic amines) is 1. The number of aromatic amines is 1. The summed E-state index contributed by atoms with van der Waals surface area (Å²) in [5.41, 5.74) is 6.49. The molecule has 7 heteroatoms. The molecule has 3 heterocycles. The Labute approximate surface area is 193 Å². The van der Waals surface area contributed by atoms with Gasteiger partial charge >= 0.3 is 0 Å². The van der Waals surface area contributed by atoms with E-state index in [1.807, 2.05) is 12.1 Å². The molecule has 2 aliphatic heterocycles.